The van der Waals surface area contributed by atoms with Crippen LogP contribution in [0.4, 0.5) is 0 Å². The van der Waals surface area contributed by atoms with Crippen molar-refractivity contribution in [1.29, 1.82) is 0 Å². The van der Waals surface area contributed by atoms with E-state index in [0.29, 0.717) is 32.4 Å². The highest BCUT2D eigenvalue weighted by molar-refractivity contribution is 8.02. The van der Waals surface area contributed by atoms with Gasteiger partial charge in [0.1, 0.15) is 6.04 Å². The van der Waals surface area contributed by atoms with Gasteiger partial charge in [0.05, 0.1) is 23.2 Å². The van der Waals surface area contributed by atoms with Crippen LogP contribution in [-0.4, -0.2) is 80.6 Å². The van der Waals surface area contributed by atoms with Crippen molar-refractivity contribution in [3.8, 4) is 0 Å². The first-order valence-corrected chi connectivity index (χ1v) is 12.3. The third-order valence-electron chi connectivity index (χ3n) is 6.82. The van der Waals surface area contributed by atoms with Crippen molar-refractivity contribution >= 4 is 29.5 Å². The number of esters is 1. The van der Waals surface area contributed by atoms with Crippen LogP contribution in [-0.2, 0) is 19.1 Å². The molecule has 0 radical (unpaired) electrons. The number of fused-ring (bicyclic) bond motifs is 1. The number of aliphatic hydroxyl groups is 1. The first kappa shape index (κ1) is 24.8. The molecule has 7 nitrogen and oxygen atoms in total. The summed E-state index contributed by atoms with van der Waals surface area (Å²) in [6.07, 6.45) is 5.84. The number of likely N-dealkylation sites (tertiary alicyclic amines) is 1. The smallest absolute Gasteiger partial charge is 0.310 e. The van der Waals surface area contributed by atoms with Crippen LogP contribution in [0.25, 0.3) is 0 Å². The van der Waals surface area contributed by atoms with Crippen LogP contribution >= 0.6 is 11.8 Å². The lowest BCUT2D eigenvalue weighted by Gasteiger charge is -2.42. The van der Waals surface area contributed by atoms with Crippen LogP contribution in [0.1, 0.15) is 46.5 Å². The molecule has 3 aliphatic rings. The molecule has 3 rings (SSSR count). The molecule has 32 heavy (non-hydrogen) atoms. The second-order valence-corrected chi connectivity index (χ2v) is 11.4. The third-order valence-corrected chi connectivity index (χ3v) is 8.77. The van der Waals surface area contributed by atoms with Crippen molar-refractivity contribution in [3.05, 3.63) is 25.3 Å². The van der Waals surface area contributed by atoms with Crippen LogP contribution in [0.3, 0.4) is 0 Å². The number of hydrogen-bond donors (Lipinski definition) is 1. The van der Waals surface area contributed by atoms with Gasteiger partial charge in [0, 0.05) is 30.5 Å². The topological polar surface area (TPSA) is 87.1 Å². The molecule has 0 aromatic carbocycles. The number of nitrogens with zero attached hydrogens (tertiary/aromatic N) is 2. The molecular formula is C24H36N2O5S. The maximum absolute atomic E-state index is 14.0. The highest BCUT2D eigenvalue weighted by atomic mass is 32.2. The fourth-order valence-electron chi connectivity index (χ4n) is 5.49. The van der Waals surface area contributed by atoms with E-state index in [1.807, 2.05) is 20.8 Å². The van der Waals surface area contributed by atoms with Gasteiger partial charge in [0.15, 0.2) is 0 Å². The number of rotatable bonds is 10. The van der Waals surface area contributed by atoms with Gasteiger partial charge in [-0.15, -0.1) is 24.9 Å². The van der Waals surface area contributed by atoms with E-state index in [1.165, 1.54) is 0 Å². The molecule has 0 aliphatic carbocycles. The van der Waals surface area contributed by atoms with Crippen LogP contribution in [0, 0.1) is 11.8 Å². The Morgan fingerprint density at radius 3 is 2.66 bits per heavy atom. The number of carbonyl (C=O) groups excluding carboxylic acids is 3. The van der Waals surface area contributed by atoms with E-state index in [2.05, 4.69) is 13.2 Å². The first-order chi connectivity index (χ1) is 15.1. The molecule has 3 heterocycles. The Morgan fingerprint density at radius 1 is 1.34 bits per heavy atom. The van der Waals surface area contributed by atoms with E-state index >= 15 is 0 Å². The molecular weight excluding hydrogens is 428 g/mol. The molecule has 0 aromatic heterocycles. The van der Waals surface area contributed by atoms with Gasteiger partial charge < -0.3 is 19.6 Å². The summed E-state index contributed by atoms with van der Waals surface area (Å²) >= 11 is 1.63. The van der Waals surface area contributed by atoms with Gasteiger partial charge in [-0.1, -0.05) is 12.2 Å². The van der Waals surface area contributed by atoms with Gasteiger partial charge in [-0.3, -0.25) is 14.4 Å². The zero-order valence-corrected chi connectivity index (χ0v) is 20.2. The van der Waals surface area contributed by atoms with E-state index in [-0.39, 0.29) is 36.2 Å². The van der Waals surface area contributed by atoms with E-state index in [1.54, 1.807) is 33.7 Å². The van der Waals surface area contributed by atoms with Crippen molar-refractivity contribution < 1.29 is 24.2 Å². The molecule has 1 spiro atoms. The predicted molar refractivity (Wildman–Crippen MR) is 125 cm³/mol. The summed E-state index contributed by atoms with van der Waals surface area (Å²) in [4.78, 5) is 44.1. The summed E-state index contributed by atoms with van der Waals surface area (Å²) in [6, 6.07) is -0.660. The van der Waals surface area contributed by atoms with Crippen molar-refractivity contribution in [1.82, 2.24) is 9.80 Å². The quantitative estimate of drug-likeness (QED) is 0.304. The normalized spacial score (nSPS) is 30.9. The fraction of sp³-hybridized carbons (Fsp3) is 0.708. The molecule has 8 heteroatoms. The lowest BCUT2D eigenvalue weighted by atomic mass is 9.71. The van der Waals surface area contributed by atoms with Gasteiger partial charge in [-0.25, -0.2) is 0 Å². The van der Waals surface area contributed by atoms with Gasteiger partial charge in [0.2, 0.25) is 11.8 Å². The van der Waals surface area contributed by atoms with Crippen molar-refractivity contribution in [2.24, 2.45) is 11.8 Å². The zero-order valence-electron chi connectivity index (χ0n) is 19.4. The minimum Gasteiger partial charge on any atom is -0.465 e. The standard InChI is InChI=1S/C24H36N2O5S/c1-6-8-15-31-22(30)17-16-10-11-24(32-16)18(17)20(28)25(13-9-14-27)19(24)21(29)26(12-7-2)23(3,4)5/h6-7,16-19,27H,1-2,8-15H2,3-5H3/t16-,17+,18+,19?,24?/m1/s1. The number of ether oxygens (including phenoxy) is 1. The van der Waals surface area contributed by atoms with Crippen molar-refractivity contribution in [2.45, 2.75) is 68.0 Å². The number of amides is 2. The second kappa shape index (κ2) is 9.59. The molecule has 2 unspecified atom stereocenters. The van der Waals surface area contributed by atoms with Crippen LogP contribution in [0.5, 0.6) is 0 Å². The highest BCUT2D eigenvalue weighted by Crippen LogP contribution is 2.66. The molecule has 3 fully saturated rings. The Bertz CT molecular complexity index is 779. The second-order valence-electron chi connectivity index (χ2n) is 9.82. The number of thioether (sulfide) groups is 1. The van der Waals surface area contributed by atoms with Crippen molar-refractivity contribution in [2.75, 3.05) is 26.3 Å². The molecule has 3 saturated heterocycles. The molecule has 2 bridgehead atoms. The fourth-order valence-corrected chi connectivity index (χ4v) is 7.69. The summed E-state index contributed by atoms with van der Waals surface area (Å²) in [5, 5.41) is 9.40. The SMILES string of the molecule is C=CCCOC(=O)[C@@H]1[C@H]2C(=O)N(CCCO)C(C(=O)N(CC=C)C(C)(C)C)C23CC[C@H]1S3. The average molecular weight is 465 g/mol. The predicted octanol–water partition coefficient (Wildman–Crippen LogP) is 2.39. The van der Waals surface area contributed by atoms with E-state index in [4.69, 9.17) is 4.74 Å². The molecule has 0 aromatic rings. The van der Waals surface area contributed by atoms with Gasteiger partial charge in [-0.2, -0.15) is 0 Å². The number of carbonyl (C=O) groups is 3. The summed E-state index contributed by atoms with van der Waals surface area (Å²) in [7, 11) is 0. The summed E-state index contributed by atoms with van der Waals surface area (Å²) in [5.41, 5.74) is -0.448. The Kier molecular flexibility index (Phi) is 7.44. The first-order valence-electron chi connectivity index (χ1n) is 11.4. The zero-order chi connectivity index (χ0) is 23.7. The maximum Gasteiger partial charge on any atom is 0.310 e. The molecule has 0 saturated carbocycles. The lowest BCUT2D eigenvalue weighted by molar-refractivity contribution is -0.154. The van der Waals surface area contributed by atoms with Gasteiger partial charge >= 0.3 is 5.97 Å². The number of hydrogen-bond acceptors (Lipinski definition) is 6. The summed E-state index contributed by atoms with van der Waals surface area (Å²) in [5.74, 6) is -1.73. The molecule has 1 N–H and O–H groups in total. The van der Waals surface area contributed by atoms with Gasteiger partial charge in [0.25, 0.3) is 0 Å². The molecule has 5 atom stereocenters. The minimum atomic E-state index is -0.660. The molecule has 3 aliphatic heterocycles. The molecule has 2 amide bonds. The minimum absolute atomic E-state index is 0.0158. The molecule has 178 valence electrons. The van der Waals surface area contributed by atoms with Crippen molar-refractivity contribution in [3.63, 3.8) is 0 Å². The summed E-state index contributed by atoms with van der Waals surface area (Å²) in [6.45, 7) is 14.2. The highest BCUT2D eigenvalue weighted by Gasteiger charge is 2.74. The Morgan fingerprint density at radius 2 is 2.06 bits per heavy atom. The van der Waals surface area contributed by atoms with E-state index in [9.17, 15) is 19.5 Å². The monoisotopic (exact) mass is 464 g/mol. The van der Waals surface area contributed by atoms with E-state index < -0.39 is 28.2 Å². The Hall–Kier alpha value is -1.80. The van der Waals surface area contributed by atoms with Crippen LogP contribution < -0.4 is 0 Å². The average Bonchev–Trinajstić information content (AvgIpc) is 3.36. The third kappa shape index (κ3) is 4.12. The maximum atomic E-state index is 14.0. The van der Waals surface area contributed by atoms with E-state index in [0.717, 1.165) is 6.42 Å². The lowest BCUT2D eigenvalue weighted by Crippen LogP contribution is -2.58. The largest absolute Gasteiger partial charge is 0.465 e. The Labute approximate surface area is 195 Å². The van der Waals surface area contributed by atoms with Gasteiger partial charge in [-0.05, 0) is 46.5 Å². The number of aliphatic hydroxyl groups excluding tert-OH is 1. The Balaban J connectivity index is 1.98. The van der Waals surface area contributed by atoms with Crippen LogP contribution in [0.15, 0.2) is 25.3 Å². The summed E-state index contributed by atoms with van der Waals surface area (Å²) < 4.78 is 4.84. The van der Waals surface area contributed by atoms with Crippen LogP contribution in [0.2, 0.25) is 0 Å².